The summed E-state index contributed by atoms with van der Waals surface area (Å²) in [5.74, 6) is 1.45. The lowest BCUT2D eigenvalue weighted by molar-refractivity contribution is -0.141. The van der Waals surface area contributed by atoms with Gasteiger partial charge in [0.1, 0.15) is 17.8 Å². The number of rotatable bonds is 4. The Hall–Kier alpha value is -2.19. The Balaban J connectivity index is 1.45. The zero-order chi connectivity index (χ0) is 17.6. The lowest BCUT2D eigenvalue weighted by Crippen LogP contribution is -2.41. The summed E-state index contributed by atoms with van der Waals surface area (Å²) in [4.78, 5) is 27.8. The number of anilines is 1. The van der Waals surface area contributed by atoms with Crippen LogP contribution in [0.2, 0.25) is 0 Å². The molecule has 0 radical (unpaired) electrons. The molecule has 2 aromatic rings. The number of H-pyrrole nitrogens is 1. The first kappa shape index (κ1) is 16.3. The third-order valence-electron chi connectivity index (χ3n) is 5.71. The standard InChI is InChI=1S/C17H23N5O3/c1-21(16-13-2-3-18-15(13)19-9-20-16)12-4-10-6-22(7-11(10)5-12)17(25)14(24)8-23/h2-3,9-12,14,23-24H,4-8H2,1H3,(H,18,19,20). The SMILES string of the molecule is CN(c1ncnc2[nH]ccc12)C1CC2CN(C(=O)C(O)CO)CC2C1. The molecule has 4 rings (SSSR count). The van der Waals surface area contributed by atoms with E-state index in [0.29, 0.717) is 31.0 Å². The van der Waals surface area contributed by atoms with Crippen LogP contribution >= 0.6 is 0 Å². The normalized spacial score (nSPS) is 26.8. The molecule has 0 aromatic carbocycles. The zero-order valence-corrected chi connectivity index (χ0v) is 14.2. The number of nitrogens with zero attached hydrogens (tertiary/aromatic N) is 4. The minimum Gasteiger partial charge on any atom is -0.393 e. The molecule has 2 aliphatic rings. The van der Waals surface area contributed by atoms with Crippen LogP contribution in [-0.4, -0.2) is 74.9 Å². The van der Waals surface area contributed by atoms with Crippen LogP contribution in [0.1, 0.15) is 12.8 Å². The van der Waals surface area contributed by atoms with Gasteiger partial charge in [-0.15, -0.1) is 0 Å². The summed E-state index contributed by atoms with van der Waals surface area (Å²) in [5.41, 5.74) is 0.838. The quantitative estimate of drug-likeness (QED) is 0.719. The van der Waals surface area contributed by atoms with Crippen LogP contribution in [0.25, 0.3) is 11.0 Å². The smallest absolute Gasteiger partial charge is 0.253 e. The number of likely N-dealkylation sites (tertiary alicyclic amines) is 1. The van der Waals surface area contributed by atoms with Gasteiger partial charge in [-0.25, -0.2) is 9.97 Å². The van der Waals surface area contributed by atoms with E-state index in [0.717, 1.165) is 29.7 Å². The van der Waals surface area contributed by atoms with Crippen molar-refractivity contribution in [3.05, 3.63) is 18.6 Å². The van der Waals surface area contributed by atoms with Gasteiger partial charge in [-0.1, -0.05) is 0 Å². The third-order valence-corrected chi connectivity index (χ3v) is 5.71. The molecule has 2 aromatic heterocycles. The van der Waals surface area contributed by atoms with Crippen molar-refractivity contribution >= 4 is 22.8 Å². The largest absolute Gasteiger partial charge is 0.393 e. The maximum Gasteiger partial charge on any atom is 0.253 e. The second kappa shape index (κ2) is 6.27. The molecule has 3 unspecified atom stereocenters. The van der Waals surface area contributed by atoms with Crippen molar-refractivity contribution in [2.24, 2.45) is 11.8 Å². The first-order chi connectivity index (χ1) is 12.1. The Morgan fingerprint density at radius 3 is 2.80 bits per heavy atom. The number of hydrogen-bond donors (Lipinski definition) is 3. The van der Waals surface area contributed by atoms with Crippen LogP contribution in [0.4, 0.5) is 5.82 Å². The summed E-state index contributed by atoms with van der Waals surface area (Å²) in [6, 6.07) is 2.37. The van der Waals surface area contributed by atoms with Crippen LogP contribution < -0.4 is 4.90 Å². The van der Waals surface area contributed by atoms with Gasteiger partial charge in [0.05, 0.1) is 12.0 Å². The van der Waals surface area contributed by atoms with Crippen molar-refractivity contribution in [2.45, 2.75) is 25.0 Å². The number of fused-ring (bicyclic) bond motifs is 2. The Labute approximate surface area is 145 Å². The molecule has 8 heteroatoms. The lowest BCUT2D eigenvalue weighted by Gasteiger charge is -2.28. The molecule has 134 valence electrons. The van der Waals surface area contributed by atoms with Gasteiger partial charge >= 0.3 is 0 Å². The number of hydrogen-bond acceptors (Lipinski definition) is 6. The summed E-state index contributed by atoms with van der Waals surface area (Å²) >= 11 is 0. The number of aromatic amines is 1. The average molecular weight is 345 g/mol. The molecule has 2 fully saturated rings. The molecular weight excluding hydrogens is 322 g/mol. The minimum atomic E-state index is -1.29. The summed E-state index contributed by atoms with van der Waals surface area (Å²) in [6.45, 7) is 0.804. The van der Waals surface area contributed by atoms with Crippen LogP contribution in [0.3, 0.4) is 0 Å². The number of nitrogens with one attached hydrogen (secondary N) is 1. The van der Waals surface area contributed by atoms with E-state index in [1.165, 1.54) is 0 Å². The second-order valence-electron chi connectivity index (χ2n) is 7.14. The fourth-order valence-corrected chi connectivity index (χ4v) is 4.37. The molecule has 1 saturated heterocycles. The Bertz CT molecular complexity index is 764. The van der Waals surface area contributed by atoms with E-state index >= 15 is 0 Å². The van der Waals surface area contributed by atoms with Gasteiger partial charge in [0.2, 0.25) is 0 Å². The zero-order valence-electron chi connectivity index (χ0n) is 14.2. The Kier molecular flexibility index (Phi) is 4.09. The van der Waals surface area contributed by atoms with Crippen LogP contribution in [-0.2, 0) is 4.79 Å². The highest BCUT2D eigenvalue weighted by Crippen LogP contribution is 2.41. The van der Waals surface area contributed by atoms with Crippen molar-refractivity contribution in [3.63, 3.8) is 0 Å². The van der Waals surface area contributed by atoms with Gasteiger partial charge in [-0.2, -0.15) is 0 Å². The van der Waals surface area contributed by atoms with Gasteiger partial charge in [0, 0.05) is 32.4 Å². The third kappa shape index (κ3) is 2.75. The van der Waals surface area contributed by atoms with Crippen molar-refractivity contribution in [1.82, 2.24) is 19.9 Å². The van der Waals surface area contributed by atoms with Crippen molar-refractivity contribution in [2.75, 3.05) is 31.6 Å². The van der Waals surface area contributed by atoms with E-state index in [9.17, 15) is 9.90 Å². The molecule has 1 amide bonds. The summed E-state index contributed by atoms with van der Waals surface area (Å²) in [6.07, 6.45) is 4.15. The highest BCUT2D eigenvalue weighted by molar-refractivity contribution is 5.87. The topological polar surface area (TPSA) is 106 Å². The molecule has 1 aliphatic heterocycles. The van der Waals surface area contributed by atoms with Gasteiger partial charge in [0.15, 0.2) is 6.10 Å². The molecule has 1 saturated carbocycles. The monoisotopic (exact) mass is 345 g/mol. The van der Waals surface area contributed by atoms with E-state index in [-0.39, 0.29) is 5.91 Å². The average Bonchev–Trinajstić information content (AvgIpc) is 3.32. The van der Waals surface area contributed by atoms with Gasteiger partial charge < -0.3 is 25.0 Å². The maximum absolute atomic E-state index is 12.0. The summed E-state index contributed by atoms with van der Waals surface area (Å²) in [5, 5.41) is 19.5. The number of carbonyl (C=O) groups is 1. The number of carbonyl (C=O) groups excluding carboxylic acids is 1. The van der Waals surface area contributed by atoms with Gasteiger partial charge in [-0.05, 0) is 30.7 Å². The maximum atomic E-state index is 12.0. The van der Waals surface area contributed by atoms with E-state index in [1.807, 2.05) is 12.3 Å². The van der Waals surface area contributed by atoms with Crippen LogP contribution in [0.15, 0.2) is 18.6 Å². The number of amides is 1. The molecular formula is C17H23N5O3. The number of aliphatic hydroxyl groups is 2. The van der Waals surface area contributed by atoms with E-state index in [1.54, 1.807) is 11.2 Å². The Morgan fingerprint density at radius 2 is 2.12 bits per heavy atom. The van der Waals surface area contributed by atoms with Crippen molar-refractivity contribution in [1.29, 1.82) is 0 Å². The molecule has 3 heterocycles. The van der Waals surface area contributed by atoms with Crippen molar-refractivity contribution in [3.8, 4) is 0 Å². The minimum absolute atomic E-state index is 0.355. The predicted octanol–water partition coefficient (Wildman–Crippen LogP) is -0.0157. The fraction of sp³-hybridized carbons (Fsp3) is 0.588. The first-order valence-electron chi connectivity index (χ1n) is 8.67. The molecule has 0 spiro atoms. The lowest BCUT2D eigenvalue weighted by atomic mass is 10.0. The van der Waals surface area contributed by atoms with E-state index < -0.39 is 12.7 Å². The van der Waals surface area contributed by atoms with Crippen LogP contribution in [0.5, 0.6) is 0 Å². The number of aliphatic hydroxyl groups excluding tert-OH is 2. The fourth-order valence-electron chi connectivity index (χ4n) is 4.37. The van der Waals surface area contributed by atoms with Crippen LogP contribution in [0, 0.1) is 11.8 Å². The van der Waals surface area contributed by atoms with E-state index in [4.69, 9.17) is 5.11 Å². The predicted molar refractivity (Wildman–Crippen MR) is 92.0 cm³/mol. The molecule has 0 bridgehead atoms. The van der Waals surface area contributed by atoms with Gasteiger partial charge in [0.25, 0.3) is 5.91 Å². The van der Waals surface area contributed by atoms with Gasteiger partial charge in [-0.3, -0.25) is 4.79 Å². The first-order valence-corrected chi connectivity index (χ1v) is 8.67. The molecule has 1 aliphatic carbocycles. The second-order valence-corrected chi connectivity index (χ2v) is 7.14. The van der Waals surface area contributed by atoms with E-state index in [2.05, 4.69) is 26.9 Å². The molecule has 8 nitrogen and oxygen atoms in total. The molecule has 25 heavy (non-hydrogen) atoms. The highest BCUT2D eigenvalue weighted by atomic mass is 16.3. The summed E-state index contributed by atoms with van der Waals surface area (Å²) in [7, 11) is 2.07. The molecule has 3 atom stereocenters. The summed E-state index contributed by atoms with van der Waals surface area (Å²) < 4.78 is 0. The molecule has 3 N–H and O–H groups in total. The van der Waals surface area contributed by atoms with Crippen molar-refractivity contribution < 1.29 is 15.0 Å². The number of aromatic nitrogens is 3. The highest BCUT2D eigenvalue weighted by Gasteiger charge is 2.44. The Morgan fingerprint density at radius 1 is 1.40 bits per heavy atom.